The van der Waals surface area contributed by atoms with Crippen molar-refractivity contribution in [2.24, 2.45) is 5.92 Å². The van der Waals surface area contributed by atoms with Gasteiger partial charge in [0.15, 0.2) is 5.69 Å². The van der Waals surface area contributed by atoms with Crippen LogP contribution in [0.2, 0.25) is 0 Å². The molecule has 0 radical (unpaired) electrons. The molecule has 6 heteroatoms. The molecule has 1 heterocycles. The summed E-state index contributed by atoms with van der Waals surface area (Å²) >= 11 is 1.69. The van der Waals surface area contributed by atoms with Crippen molar-refractivity contribution in [3.05, 3.63) is 15.0 Å². The SMILES string of the molecule is Cc1c(I)c(C(F)(F)F)nn1CC(C)C. The van der Waals surface area contributed by atoms with Gasteiger partial charge in [-0.2, -0.15) is 18.3 Å². The first-order chi connectivity index (χ1) is 6.73. The topological polar surface area (TPSA) is 17.8 Å². The Morgan fingerprint density at radius 1 is 1.40 bits per heavy atom. The second kappa shape index (κ2) is 4.31. The van der Waals surface area contributed by atoms with Crippen LogP contribution < -0.4 is 0 Å². The Bertz CT molecular complexity index is 355. The number of aromatic nitrogens is 2. The Morgan fingerprint density at radius 3 is 2.27 bits per heavy atom. The highest BCUT2D eigenvalue weighted by Crippen LogP contribution is 2.33. The summed E-state index contributed by atoms with van der Waals surface area (Å²) < 4.78 is 39.1. The third kappa shape index (κ3) is 2.85. The monoisotopic (exact) mass is 332 g/mol. The molecule has 0 aliphatic carbocycles. The summed E-state index contributed by atoms with van der Waals surface area (Å²) in [6.07, 6.45) is -4.36. The lowest BCUT2D eigenvalue weighted by atomic mass is 10.2. The van der Waals surface area contributed by atoms with Crippen LogP contribution in [0, 0.1) is 16.4 Å². The van der Waals surface area contributed by atoms with Gasteiger partial charge < -0.3 is 0 Å². The zero-order valence-electron chi connectivity index (χ0n) is 8.69. The average molecular weight is 332 g/mol. The van der Waals surface area contributed by atoms with E-state index in [1.165, 1.54) is 4.68 Å². The van der Waals surface area contributed by atoms with E-state index in [0.717, 1.165) is 0 Å². The number of alkyl halides is 3. The number of halogens is 4. The Hall–Kier alpha value is -0.270. The molecule has 1 aromatic rings. The smallest absolute Gasteiger partial charge is 0.268 e. The van der Waals surface area contributed by atoms with E-state index in [2.05, 4.69) is 5.10 Å². The minimum absolute atomic E-state index is 0.195. The molecule has 0 unspecified atom stereocenters. The molecule has 0 aliphatic heterocycles. The summed E-state index contributed by atoms with van der Waals surface area (Å²) in [6, 6.07) is 0. The minimum Gasteiger partial charge on any atom is -0.268 e. The molecule has 15 heavy (non-hydrogen) atoms. The first-order valence-corrected chi connectivity index (χ1v) is 5.61. The molecule has 0 fully saturated rings. The maximum absolute atomic E-state index is 12.5. The maximum atomic E-state index is 12.5. The van der Waals surface area contributed by atoms with E-state index in [1.807, 2.05) is 13.8 Å². The summed E-state index contributed by atoms with van der Waals surface area (Å²) in [5.41, 5.74) is -0.196. The lowest BCUT2D eigenvalue weighted by molar-refractivity contribution is -0.142. The van der Waals surface area contributed by atoms with Crippen LogP contribution in [0.1, 0.15) is 25.2 Å². The van der Waals surface area contributed by atoms with Crippen LogP contribution in [-0.2, 0) is 12.7 Å². The second-order valence-corrected chi connectivity index (χ2v) is 4.90. The quantitative estimate of drug-likeness (QED) is 0.759. The van der Waals surface area contributed by atoms with Crippen molar-refractivity contribution in [3.63, 3.8) is 0 Å². The van der Waals surface area contributed by atoms with Gasteiger partial charge in [0.05, 0.1) is 3.57 Å². The molecule has 86 valence electrons. The summed E-state index contributed by atoms with van der Waals surface area (Å²) in [5.74, 6) is 0.278. The number of hydrogen-bond donors (Lipinski definition) is 0. The minimum atomic E-state index is -4.36. The number of rotatable bonds is 2. The van der Waals surface area contributed by atoms with Crippen molar-refractivity contribution >= 4 is 22.6 Å². The molecule has 1 rings (SSSR count). The van der Waals surface area contributed by atoms with Crippen LogP contribution in [0.15, 0.2) is 0 Å². The zero-order chi connectivity index (χ0) is 11.8. The first-order valence-electron chi connectivity index (χ1n) is 4.53. The van der Waals surface area contributed by atoms with E-state index >= 15 is 0 Å². The van der Waals surface area contributed by atoms with E-state index < -0.39 is 11.9 Å². The highest BCUT2D eigenvalue weighted by molar-refractivity contribution is 14.1. The molecular weight excluding hydrogens is 320 g/mol. The van der Waals surface area contributed by atoms with Gasteiger partial charge in [-0.15, -0.1) is 0 Å². The Labute approximate surface area is 100.0 Å². The summed E-state index contributed by atoms with van der Waals surface area (Å²) in [4.78, 5) is 0. The van der Waals surface area contributed by atoms with Gasteiger partial charge in [-0.1, -0.05) is 13.8 Å². The molecule has 0 saturated carbocycles. The Balaban J connectivity index is 3.13. The average Bonchev–Trinajstić information content (AvgIpc) is 2.30. The van der Waals surface area contributed by atoms with Gasteiger partial charge in [0.2, 0.25) is 0 Å². The summed E-state index contributed by atoms with van der Waals surface area (Å²) in [5, 5.41) is 3.60. The van der Waals surface area contributed by atoms with Crippen molar-refractivity contribution in [3.8, 4) is 0 Å². The van der Waals surface area contributed by atoms with Crippen LogP contribution in [0.5, 0.6) is 0 Å². The molecular formula is C9H12F3IN2. The van der Waals surface area contributed by atoms with Crippen LogP contribution in [-0.4, -0.2) is 9.78 Å². The van der Waals surface area contributed by atoms with E-state index in [0.29, 0.717) is 12.2 Å². The zero-order valence-corrected chi connectivity index (χ0v) is 10.8. The highest BCUT2D eigenvalue weighted by atomic mass is 127. The molecule has 0 amide bonds. The van der Waals surface area contributed by atoms with E-state index in [4.69, 9.17) is 0 Å². The standard InChI is InChI=1S/C9H12F3IN2/c1-5(2)4-15-6(3)7(13)8(14-15)9(10,11)12/h5H,4H2,1-3H3. The molecule has 0 N–H and O–H groups in total. The molecule has 1 aromatic heterocycles. The van der Waals surface area contributed by atoms with E-state index in [9.17, 15) is 13.2 Å². The van der Waals surface area contributed by atoms with Gasteiger partial charge in [-0.25, -0.2) is 0 Å². The fourth-order valence-electron chi connectivity index (χ4n) is 1.23. The number of nitrogens with zero attached hydrogens (tertiary/aromatic N) is 2. The molecule has 0 saturated heterocycles. The maximum Gasteiger partial charge on any atom is 0.436 e. The van der Waals surface area contributed by atoms with Crippen molar-refractivity contribution in [1.29, 1.82) is 0 Å². The van der Waals surface area contributed by atoms with Gasteiger partial charge in [0.25, 0.3) is 0 Å². The first kappa shape index (κ1) is 12.8. The van der Waals surface area contributed by atoms with Crippen LogP contribution in [0.4, 0.5) is 13.2 Å². The van der Waals surface area contributed by atoms with Crippen LogP contribution in [0.3, 0.4) is 0 Å². The molecule has 0 aromatic carbocycles. The predicted octanol–water partition coefficient (Wildman–Crippen LogP) is 3.47. The Morgan fingerprint density at radius 2 is 1.93 bits per heavy atom. The van der Waals surface area contributed by atoms with Gasteiger partial charge in [0.1, 0.15) is 0 Å². The molecule has 0 bridgehead atoms. The van der Waals surface area contributed by atoms with Gasteiger partial charge in [0, 0.05) is 12.2 Å². The lowest BCUT2D eigenvalue weighted by Gasteiger charge is -2.06. The summed E-state index contributed by atoms with van der Waals surface area (Å²) in [7, 11) is 0. The van der Waals surface area contributed by atoms with Crippen LogP contribution in [0.25, 0.3) is 0 Å². The van der Waals surface area contributed by atoms with E-state index in [1.54, 1.807) is 29.5 Å². The highest BCUT2D eigenvalue weighted by Gasteiger charge is 2.37. The second-order valence-electron chi connectivity index (χ2n) is 3.82. The fourth-order valence-corrected chi connectivity index (χ4v) is 1.92. The third-order valence-corrected chi connectivity index (χ3v) is 3.23. The lowest BCUT2D eigenvalue weighted by Crippen LogP contribution is -2.11. The van der Waals surface area contributed by atoms with Gasteiger partial charge in [-0.3, -0.25) is 4.68 Å². The van der Waals surface area contributed by atoms with Crippen molar-refractivity contribution in [2.45, 2.75) is 33.5 Å². The Kier molecular flexibility index (Phi) is 3.67. The van der Waals surface area contributed by atoms with Crippen LogP contribution >= 0.6 is 22.6 Å². The normalized spacial score (nSPS) is 12.5. The third-order valence-electron chi connectivity index (χ3n) is 1.94. The van der Waals surface area contributed by atoms with Gasteiger partial charge >= 0.3 is 6.18 Å². The number of hydrogen-bond acceptors (Lipinski definition) is 1. The molecule has 0 atom stereocenters. The summed E-state index contributed by atoms with van der Waals surface area (Å²) in [6.45, 7) is 6.06. The van der Waals surface area contributed by atoms with Crippen molar-refractivity contribution in [2.75, 3.05) is 0 Å². The molecule has 0 spiro atoms. The predicted molar refractivity (Wildman–Crippen MR) is 59.5 cm³/mol. The van der Waals surface area contributed by atoms with Crippen molar-refractivity contribution in [1.82, 2.24) is 9.78 Å². The fraction of sp³-hybridized carbons (Fsp3) is 0.667. The largest absolute Gasteiger partial charge is 0.436 e. The molecule has 2 nitrogen and oxygen atoms in total. The van der Waals surface area contributed by atoms with Gasteiger partial charge in [-0.05, 0) is 35.4 Å². The van der Waals surface area contributed by atoms with Crippen molar-refractivity contribution < 1.29 is 13.2 Å². The molecule has 0 aliphatic rings. The van der Waals surface area contributed by atoms with E-state index in [-0.39, 0.29) is 9.49 Å².